The number of pyridine rings is 1. The average molecular weight is 353 g/mol. The average Bonchev–Trinajstić information content (AvgIpc) is 2.72. The summed E-state index contributed by atoms with van der Waals surface area (Å²) in [5.74, 6) is -0.451. The Bertz CT molecular complexity index is 1190. The third-order valence-electron chi connectivity index (χ3n) is 4.44. The first kappa shape index (κ1) is 10.7. The summed E-state index contributed by atoms with van der Waals surface area (Å²) in [5, 5.41) is 0. The van der Waals surface area contributed by atoms with Gasteiger partial charge in [-0.25, -0.2) is 4.57 Å². The Balaban J connectivity index is 2.38. The van der Waals surface area contributed by atoms with E-state index >= 15 is 0 Å². The number of aryl methyl sites for hydroxylation is 4. The van der Waals surface area contributed by atoms with E-state index in [4.69, 9.17) is 11.0 Å². The van der Waals surface area contributed by atoms with Gasteiger partial charge in [-0.1, -0.05) is 50.2 Å². The summed E-state index contributed by atoms with van der Waals surface area (Å²) in [6, 6.07) is 14.3. The van der Waals surface area contributed by atoms with E-state index in [1.54, 1.807) is 37.6 Å². The van der Waals surface area contributed by atoms with Gasteiger partial charge in [-0.05, 0) is 66.8 Å². The van der Waals surface area contributed by atoms with Crippen molar-refractivity contribution in [1.82, 2.24) is 0 Å². The van der Waals surface area contributed by atoms with Crippen molar-refractivity contribution in [3.63, 3.8) is 0 Å². The molecule has 0 N–H and O–H groups in total. The van der Waals surface area contributed by atoms with E-state index < -0.39 is 26.0 Å². The summed E-state index contributed by atoms with van der Waals surface area (Å²) >= 11 is 0. The SMILES string of the molecule is [2H]C([2H])([2H])c1cc(C)c(-c2cc(C([2H])([2H])C(C)C)c(C([2H])([2H])[2H])c[n+]2C)cc1-c1ccccc1. The summed E-state index contributed by atoms with van der Waals surface area (Å²) in [6.07, 6.45) is -0.404. The molecule has 0 atom stereocenters. The van der Waals surface area contributed by atoms with Gasteiger partial charge in [0.2, 0.25) is 5.69 Å². The van der Waals surface area contributed by atoms with Gasteiger partial charge in [0.25, 0.3) is 0 Å². The van der Waals surface area contributed by atoms with Crippen molar-refractivity contribution in [2.24, 2.45) is 13.0 Å². The van der Waals surface area contributed by atoms with Crippen LogP contribution in [0.5, 0.6) is 0 Å². The zero-order valence-electron chi connectivity index (χ0n) is 23.7. The Labute approximate surface area is 169 Å². The summed E-state index contributed by atoms with van der Waals surface area (Å²) < 4.78 is 67.1. The maximum Gasteiger partial charge on any atom is 0.212 e. The van der Waals surface area contributed by atoms with Crippen molar-refractivity contribution in [3.05, 3.63) is 77.0 Å². The van der Waals surface area contributed by atoms with Crippen molar-refractivity contribution in [2.45, 2.75) is 40.8 Å². The molecule has 1 aromatic heterocycles. The minimum Gasteiger partial charge on any atom is -0.201 e. The van der Waals surface area contributed by atoms with Crippen LogP contribution in [0.15, 0.2) is 54.7 Å². The first-order chi connectivity index (χ1) is 15.5. The maximum atomic E-state index is 8.65. The summed E-state index contributed by atoms with van der Waals surface area (Å²) in [6.45, 7) is 0.457. The summed E-state index contributed by atoms with van der Waals surface area (Å²) in [4.78, 5) is 0. The molecule has 0 saturated heterocycles. The predicted molar refractivity (Wildman–Crippen MR) is 111 cm³/mol. The highest BCUT2D eigenvalue weighted by atomic mass is 14.9. The molecule has 0 aliphatic carbocycles. The molecule has 134 valence electrons. The highest BCUT2D eigenvalue weighted by Gasteiger charge is 2.18. The smallest absolute Gasteiger partial charge is 0.201 e. The Hall–Kier alpha value is -2.41. The molecule has 1 heterocycles. The van der Waals surface area contributed by atoms with Crippen molar-refractivity contribution in [2.75, 3.05) is 0 Å². The van der Waals surface area contributed by atoms with Crippen LogP contribution < -0.4 is 4.57 Å². The van der Waals surface area contributed by atoms with E-state index in [2.05, 4.69) is 0 Å². The van der Waals surface area contributed by atoms with E-state index in [1.165, 1.54) is 6.20 Å². The number of hydrogen-bond donors (Lipinski definition) is 0. The Kier molecular flexibility index (Phi) is 3.06. The van der Waals surface area contributed by atoms with Gasteiger partial charge in [-0.2, -0.15) is 0 Å². The molecule has 0 spiro atoms. The quantitative estimate of drug-likeness (QED) is 0.509. The van der Waals surface area contributed by atoms with E-state index in [0.29, 0.717) is 22.4 Å². The lowest BCUT2D eigenvalue weighted by atomic mass is 9.91. The normalized spacial score (nSPS) is 17.3. The topological polar surface area (TPSA) is 3.88 Å². The molecular formula is C25H30N+. The third-order valence-corrected chi connectivity index (χ3v) is 4.44. The molecule has 3 rings (SSSR count). The van der Waals surface area contributed by atoms with Gasteiger partial charge in [0.15, 0.2) is 6.20 Å². The molecule has 0 bridgehead atoms. The van der Waals surface area contributed by atoms with E-state index in [1.807, 2.05) is 43.3 Å². The highest BCUT2D eigenvalue weighted by Crippen LogP contribution is 2.31. The molecular weight excluding hydrogens is 314 g/mol. The lowest BCUT2D eigenvalue weighted by Crippen LogP contribution is -2.32. The molecule has 0 unspecified atom stereocenters. The highest BCUT2D eigenvalue weighted by molar-refractivity contribution is 5.75. The number of benzene rings is 2. The molecule has 26 heavy (non-hydrogen) atoms. The van der Waals surface area contributed by atoms with Crippen LogP contribution in [0.3, 0.4) is 0 Å². The van der Waals surface area contributed by atoms with Gasteiger partial charge in [0, 0.05) is 28.2 Å². The van der Waals surface area contributed by atoms with Gasteiger partial charge in [-0.15, -0.1) is 0 Å². The van der Waals surface area contributed by atoms with Crippen molar-refractivity contribution < 1.29 is 15.5 Å². The molecule has 1 nitrogen and oxygen atoms in total. The van der Waals surface area contributed by atoms with Crippen LogP contribution in [0.2, 0.25) is 0 Å². The first-order valence-corrected chi connectivity index (χ1v) is 8.80. The largest absolute Gasteiger partial charge is 0.212 e. The van der Waals surface area contributed by atoms with Crippen molar-refractivity contribution >= 4 is 0 Å². The standard InChI is InChI=1S/C25H30N/c1-17(2)12-22-14-25(26(6)16-20(22)5)24-15-23(18(3)13-19(24)4)21-10-8-7-9-11-21/h7-11,13-17H,12H2,1-6H3/q+1/i3D3,5D3,12D2. The van der Waals surface area contributed by atoms with E-state index in [0.717, 1.165) is 5.56 Å². The fourth-order valence-corrected chi connectivity index (χ4v) is 3.19. The molecule has 0 fully saturated rings. The second kappa shape index (κ2) is 7.45. The second-order valence-corrected chi connectivity index (χ2v) is 6.97. The van der Waals surface area contributed by atoms with Gasteiger partial charge >= 0.3 is 0 Å². The third kappa shape index (κ3) is 3.72. The fraction of sp³-hybridized carbons (Fsp3) is 0.320. The van der Waals surface area contributed by atoms with Crippen LogP contribution in [0.4, 0.5) is 0 Å². The van der Waals surface area contributed by atoms with Crippen LogP contribution in [0.1, 0.15) is 47.1 Å². The van der Waals surface area contributed by atoms with Crippen molar-refractivity contribution in [3.8, 4) is 22.4 Å². The maximum absolute atomic E-state index is 8.65. The molecule has 0 saturated carbocycles. The summed E-state index contributed by atoms with van der Waals surface area (Å²) in [5.41, 5.74) is 3.68. The number of hydrogen-bond acceptors (Lipinski definition) is 0. The summed E-state index contributed by atoms with van der Waals surface area (Å²) in [7, 11) is 1.72. The van der Waals surface area contributed by atoms with Crippen LogP contribution in [0, 0.1) is 26.5 Å². The van der Waals surface area contributed by atoms with Crippen LogP contribution in [-0.4, -0.2) is 0 Å². The zero-order chi connectivity index (χ0) is 25.6. The molecule has 0 amide bonds. The number of rotatable bonds is 4. The lowest BCUT2D eigenvalue weighted by molar-refractivity contribution is -0.660. The Morgan fingerprint density at radius 3 is 2.35 bits per heavy atom. The first-order valence-electron chi connectivity index (χ1n) is 12.8. The molecule has 2 aromatic carbocycles. The molecule has 1 heteroatoms. The number of nitrogens with zero attached hydrogens (tertiary/aromatic N) is 1. The van der Waals surface area contributed by atoms with Crippen LogP contribution >= 0.6 is 0 Å². The van der Waals surface area contributed by atoms with Gasteiger partial charge in [0.1, 0.15) is 7.05 Å². The fourth-order valence-electron chi connectivity index (χ4n) is 3.19. The molecule has 0 aliphatic rings. The van der Waals surface area contributed by atoms with Gasteiger partial charge in [-0.3, -0.25) is 0 Å². The molecule has 0 radical (unpaired) electrons. The lowest BCUT2D eigenvalue weighted by Gasteiger charge is -2.14. The monoisotopic (exact) mass is 352 g/mol. The Morgan fingerprint density at radius 2 is 1.69 bits per heavy atom. The van der Waals surface area contributed by atoms with Gasteiger partial charge < -0.3 is 0 Å². The van der Waals surface area contributed by atoms with E-state index in [-0.39, 0.29) is 16.7 Å². The Morgan fingerprint density at radius 1 is 0.962 bits per heavy atom. The predicted octanol–water partition coefficient (Wildman–Crippen LogP) is 5.97. The van der Waals surface area contributed by atoms with Gasteiger partial charge in [0.05, 0.1) is 0 Å². The van der Waals surface area contributed by atoms with Crippen LogP contribution in [-0.2, 0) is 13.4 Å². The van der Waals surface area contributed by atoms with Crippen LogP contribution in [0.25, 0.3) is 22.4 Å². The minimum atomic E-state index is -2.48. The number of aromatic nitrogens is 1. The van der Waals surface area contributed by atoms with E-state index in [9.17, 15) is 0 Å². The zero-order valence-corrected chi connectivity index (χ0v) is 15.7. The second-order valence-electron chi connectivity index (χ2n) is 6.97. The molecule has 0 aliphatic heterocycles. The van der Waals surface area contributed by atoms with Crippen molar-refractivity contribution in [1.29, 1.82) is 0 Å². The minimum absolute atomic E-state index is 0.0301. The molecule has 3 aromatic rings.